The zero-order valence-corrected chi connectivity index (χ0v) is 23.3. The van der Waals surface area contributed by atoms with Gasteiger partial charge >= 0.3 is 0 Å². The fourth-order valence-corrected chi connectivity index (χ4v) is 7.34. The summed E-state index contributed by atoms with van der Waals surface area (Å²) in [6.07, 6.45) is 2.78. The molecule has 1 fully saturated rings. The number of carbonyl (C=O) groups is 2. The standard InChI is InChI=1S/C26H32Cl2N4O4S/c1-3-31(16-13-18-11-14-30(2)15-12-18)24(33)17-22-26(34)29-20-8-4-5-9-21(20)32(22)37(35,36)23-10-6-7-19(27)25(23)28/h4-10,18,22H,3,11-17H2,1-2H3,(H,29,34)/t22-/m1/s1. The van der Waals surface area contributed by atoms with E-state index in [4.69, 9.17) is 23.2 Å². The van der Waals surface area contributed by atoms with Crippen molar-refractivity contribution < 1.29 is 18.0 Å². The number of sulfonamides is 1. The molecule has 0 unspecified atom stereocenters. The van der Waals surface area contributed by atoms with Gasteiger partial charge in [-0.05, 0) is 76.5 Å². The Balaban J connectivity index is 1.61. The minimum Gasteiger partial charge on any atom is -0.343 e. The number of para-hydroxylation sites is 2. The van der Waals surface area contributed by atoms with Crippen LogP contribution in [0.1, 0.15) is 32.6 Å². The van der Waals surface area contributed by atoms with E-state index in [1.54, 1.807) is 29.2 Å². The third-order valence-corrected chi connectivity index (χ3v) is 9.98. The summed E-state index contributed by atoms with van der Waals surface area (Å²) in [4.78, 5) is 30.4. The van der Waals surface area contributed by atoms with Crippen molar-refractivity contribution in [3.63, 3.8) is 0 Å². The average molecular weight is 568 g/mol. The van der Waals surface area contributed by atoms with Crippen LogP contribution in [-0.2, 0) is 19.6 Å². The highest BCUT2D eigenvalue weighted by Crippen LogP contribution is 2.40. The molecule has 11 heteroatoms. The van der Waals surface area contributed by atoms with Crippen molar-refractivity contribution in [1.82, 2.24) is 9.80 Å². The van der Waals surface area contributed by atoms with E-state index in [2.05, 4.69) is 17.3 Å². The predicted octanol–water partition coefficient (Wildman–Crippen LogP) is 4.48. The van der Waals surface area contributed by atoms with Crippen LogP contribution in [0.15, 0.2) is 47.4 Å². The lowest BCUT2D eigenvalue weighted by Gasteiger charge is -2.37. The summed E-state index contributed by atoms with van der Waals surface area (Å²) in [6.45, 7) is 5.03. The molecule has 1 saturated heterocycles. The predicted molar refractivity (Wildman–Crippen MR) is 147 cm³/mol. The molecule has 4 rings (SSSR count). The van der Waals surface area contributed by atoms with Crippen LogP contribution in [-0.4, -0.2) is 69.3 Å². The van der Waals surface area contributed by atoms with Gasteiger partial charge in [-0.2, -0.15) is 0 Å². The number of nitrogens with one attached hydrogen (secondary N) is 1. The molecule has 0 radical (unpaired) electrons. The Morgan fingerprint density at radius 3 is 2.51 bits per heavy atom. The van der Waals surface area contributed by atoms with Crippen molar-refractivity contribution in [2.24, 2.45) is 5.92 Å². The number of rotatable bonds is 8. The fourth-order valence-electron chi connectivity index (χ4n) is 4.97. The zero-order valence-electron chi connectivity index (χ0n) is 21.0. The highest BCUT2D eigenvalue weighted by molar-refractivity contribution is 7.93. The number of piperidine rings is 1. The molecule has 2 aromatic carbocycles. The minimum absolute atomic E-state index is 0.0798. The van der Waals surface area contributed by atoms with Gasteiger partial charge in [-0.25, -0.2) is 8.42 Å². The molecule has 37 heavy (non-hydrogen) atoms. The molecule has 8 nitrogen and oxygen atoms in total. The number of fused-ring (bicyclic) bond motifs is 1. The van der Waals surface area contributed by atoms with Gasteiger partial charge in [0.05, 0.1) is 27.8 Å². The summed E-state index contributed by atoms with van der Waals surface area (Å²) in [5.74, 6) is -0.294. The van der Waals surface area contributed by atoms with Crippen LogP contribution in [0.5, 0.6) is 0 Å². The summed E-state index contributed by atoms with van der Waals surface area (Å²) in [6, 6.07) is 9.63. The molecule has 2 aliphatic rings. The van der Waals surface area contributed by atoms with Gasteiger partial charge in [-0.3, -0.25) is 13.9 Å². The molecular formula is C26H32Cl2N4O4S. The van der Waals surface area contributed by atoms with Gasteiger partial charge in [0, 0.05) is 13.1 Å². The van der Waals surface area contributed by atoms with E-state index < -0.39 is 22.0 Å². The molecule has 0 bridgehead atoms. The maximum atomic E-state index is 13.9. The van der Waals surface area contributed by atoms with E-state index in [9.17, 15) is 18.0 Å². The van der Waals surface area contributed by atoms with Crippen molar-refractivity contribution in [2.45, 2.75) is 43.5 Å². The van der Waals surface area contributed by atoms with Crippen LogP contribution >= 0.6 is 23.2 Å². The largest absolute Gasteiger partial charge is 0.343 e. The summed E-state index contributed by atoms with van der Waals surface area (Å²) in [5, 5.41) is 2.71. The molecule has 1 atom stereocenters. The Hall–Kier alpha value is -2.33. The molecule has 0 saturated carbocycles. The zero-order chi connectivity index (χ0) is 26.7. The first-order valence-corrected chi connectivity index (χ1v) is 14.7. The number of nitrogens with zero attached hydrogens (tertiary/aromatic N) is 3. The first-order chi connectivity index (χ1) is 17.6. The second-order valence-electron chi connectivity index (χ2n) is 9.59. The minimum atomic E-state index is -4.34. The molecule has 2 heterocycles. The maximum Gasteiger partial charge on any atom is 0.266 e. The van der Waals surface area contributed by atoms with Gasteiger partial charge in [0.2, 0.25) is 11.8 Å². The SMILES string of the molecule is CCN(CCC1CCN(C)CC1)C(=O)C[C@@H]1C(=O)Nc2ccccc2N1S(=O)(=O)c1cccc(Cl)c1Cl. The summed E-state index contributed by atoms with van der Waals surface area (Å²) >= 11 is 12.4. The number of anilines is 2. The van der Waals surface area contributed by atoms with E-state index in [1.165, 1.54) is 18.2 Å². The third kappa shape index (κ3) is 5.90. The number of amides is 2. The second kappa shape index (κ2) is 11.6. The van der Waals surface area contributed by atoms with Gasteiger partial charge in [0.1, 0.15) is 10.9 Å². The van der Waals surface area contributed by atoms with Gasteiger partial charge in [0.15, 0.2) is 0 Å². The summed E-state index contributed by atoms with van der Waals surface area (Å²) < 4.78 is 28.9. The number of halogens is 2. The Morgan fingerprint density at radius 2 is 1.81 bits per heavy atom. The average Bonchev–Trinajstić information content (AvgIpc) is 2.87. The Morgan fingerprint density at radius 1 is 1.11 bits per heavy atom. The lowest BCUT2D eigenvalue weighted by molar-refractivity contribution is -0.133. The summed E-state index contributed by atoms with van der Waals surface area (Å²) in [7, 11) is -2.23. The molecule has 200 valence electrons. The molecule has 0 spiro atoms. The first kappa shape index (κ1) is 27.7. The van der Waals surface area contributed by atoms with Crippen molar-refractivity contribution >= 4 is 56.4 Å². The number of carbonyl (C=O) groups excluding carboxylic acids is 2. The van der Waals surface area contributed by atoms with E-state index in [0.717, 1.165) is 36.7 Å². The highest BCUT2D eigenvalue weighted by atomic mass is 35.5. The van der Waals surface area contributed by atoms with Gasteiger partial charge in [0.25, 0.3) is 10.0 Å². The number of benzene rings is 2. The molecule has 2 amide bonds. The van der Waals surface area contributed by atoms with Crippen molar-refractivity contribution in [1.29, 1.82) is 0 Å². The van der Waals surface area contributed by atoms with Crippen LogP contribution in [0, 0.1) is 5.92 Å². The third-order valence-electron chi connectivity index (χ3n) is 7.19. The van der Waals surface area contributed by atoms with E-state index in [1.807, 2.05) is 6.92 Å². The quantitative estimate of drug-likeness (QED) is 0.508. The van der Waals surface area contributed by atoms with Gasteiger partial charge in [-0.15, -0.1) is 0 Å². The molecule has 1 N–H and O–H groups in total. The number of hydrogen-bond acceptors (Lipinski definition) is 5. The van der Waals surface area contributed by atoms with Crippen LogP contribution in [0.2, 0.25) is 10.0 Å². The van der Waals surface area contributed by atoms with Crippen molar-refractivity contribution in [3.05, 3.63) is 52.5 Å². The Labute approximate surface area is 228 Å². The number of hydrogen-bond donors (Lipinski definition) is 1. The van der Waals surface area contributed by atoms with Gasteiger partial charge in [-0.1, -0.05) is 41.4 Å². The van der Waals surface area contributed by atoms with Crippen LogP contribution in [0.4, 0.5) is 11.4 Å². The molecular weight excluding hydrogens is 535 g/mol. The van der Waals surface area contributed by atoms with Gasteiger partial charge < -0.3 is 15.1 Å². The molecule has 0 aromatic heterocycles. The summed E-state index contributed by atoms with van der Waals surface area (Å²) in [5.41, 5.74) is 0.609. The smallest absolute Gasteiger partial charge is 0.266 e. The Bertz CT molecular complexity index is 1260. The Kier molecular flexibility index (Phi) is 8.68. The van der Waals surface area contributed by atoms with E-state index in [-0.39, 0.29) is 33.0 Å². The normalized spacial score (nSPS) is 18.9. The highest BCUT2D eigenvalue weighted by Gasteiger charge is 2.43. The first-order valence-electron chi connectivity index (χ1n) is 12.5. The lowest BCUT2D eigenvalue weighted by Crippen LogP contribution is -2.53. The van der Waals surface area contributed by atoms with E-state index >= 15 is 0 Å². The molecule has 2 aromatic rings. The van der Waals surface area contributed by atoms with Crippen molar-refractivity contribution in [2.75, 3.05) is 42.8 Å². The lowest BCUT2D eigenvalue weighted by atomic mass is 9.93. The second-order valence-corrected chi connectivity index (χ2v) is 12.2. The fraction of sp³-hybridized carbons (Fsp3) is 0.462. The van der Waals surface area contributed by atoms with Crippen LogP contribution < -0.4 is 9.62 Å². The maximum absolute atomic E-state index is 13.9. The van der Waals surface area contributed by atoms with Crippen LogP contribution in [0.3, 0.4) is 0 Å². The van der Waals surface area contributed by atoms with Crippen LogP contribution in [0.25, 0.3) is 0 Å². The van der Waals surface area contributed by atoms with E-state index in [0.29, 0.717) is 24.7 Å². The topological polar surface area (TPSA) is 90.0 Å². The molecule has 2 aliphatic heterocycles. The number of likely N-dealkylation sites (tertiary alicyclic amines) is 1. The van der Waals surface area contributed by atoms with Crippen molar-refractivity contribution in [3.8, 4) is 0 Å². The monoisotopic (exact) mass is 566 g/mol. The molecule has 0 aliphatic carbocycles.